The molecule has 0 amide bonds. The van der Waals surface area contributed by atoms with Gasteiger partial charge in [0.2, 0.25) is 0 Å². The van der Waals surface area contributed by atoms with E-state index in [1.807, 2.05) is 0 Å². The Labute approximate surface area is 83.0 Å². The molecule has 0 unspecified atom stereocenters. The predicted octanol–water partition coefficient (Wildman–Crippen LogP) is 2.20. The predicted molar refractivity (Wildman–Crippen MR) is 51.7 cm³/mol. The molecular formula is C7H6BrClN2O. The highest BCUT2D eigenvalue weighted by molar-refractivity contribution is 9.10. The Balaban J connectivity index is 3.26. The topological polar surface area (TPSA) is 58.6 Å². The normalized spacial score (nSPS) is 11.7. The van der Waals surface area contributed by atoms with Crippen LogP contribution < -0.4 is 5.73 Å². The molecule has 0 heterocycles. The van der Waals surface area contributed by atoms with E-state index in [1.54, 1.807) is 18.2 Å². The first-order chi connectivity index (χ1) is 5.66. The summed E-state index contributed by atoms with van der Waals surface area (Å²) in [5.41, 5.74) is 5.87. The summed E-state index contributed by atoms with van der Waals surface area (Å²) in [6, 6.07) is 5.20. The molecule has 0 aliphatic rings. The quantitative estimate of drug-likeness (QED) is 0.347. The van der Waals surface area contributed by atoms with Gasteiger partial charge in [0.25, 0.3) is 0 Å². The van der Waals surface area contributed by atoms with E-state index in [4.69, 9.17) is 22.5 Å². The molecule has 5 heteroatoms. The van der Waals surface area contributed by atoms with E-state index in [9.17, 15) is 0 Å². The van der Waals surface area contributed by atoms with E-state index in [0.29, 0.717) is 15.1 Å². The summed E-state index contributed by atoms with van der Waals surface area (Å²) in [5, 5.41) is 11.7. The summed E-state index contributed by atoms with van der Waals surface area (Å²) in [6.07, 6.45) is 0. The molecule has 0 fully saturated rings. The third-order valence-corrected chi connectivity index (χ3v) is 2.63. The molecule has 3 nitrogen and oxygen atoms in total. The molecule has 12 heavy (non-hydrogen) atoms. The molecule has 0 saturated heterocycles. The summed E-state index contributed by atoms with van der Waals surface area (Å²) < 4.78 is 0.716. The minimum Gasteiger partial charge on any atom is -0.409 e. The van der Waals surface area contributed by atoms with Crippen LogP contribution in [0.3, 0.4) is 0 Å². The Hall–Kier alpha value is -0.740. The minimum absolute atomic E-state index is 0.00120. The molecule has 0 aromatic heterocycles. The zero-order valence-electron chi connectivity index (χ0n) is 5.96. The highest BCUT2D eigenvalue weighted by Crippen LogP contribution is 2.25. The molecule has 64 valence electrons. The fourth-order valence-corrected chi connectivity index (χ4v) is 1.34. The summed E-state index contributed by atoms with van der Waals surface area (Å²) in [7, 11) is 0. The number of hydrogen-bond donors (Lipinski definition) is 2. The Morgan fingerprint density at radius 1 is 1.58 bits per heavy atom. The van der Waals surface area contributed by atoms with Crippen LogP contribution in [-0.4, -0.2) is 11.0 Å². The lowest BCUT2D eigenvalue weighted by Crippen LogP contribution is -2.13. The lowest BCUT2D eigenvalue weighted by atomic mass is 10.2. The maximum Gasteiger partial charge on any atom is 0.171 e. The van der Waals surface area contributed by atoms with Gasteiger partial charge in [-0.2, -0.15) is 0 Å². The molecule has 1 rings (SSSR count). The first-order valence-electron chi connectivity index (χ1n) is 3.08. The Kier molecular flexibility index (Phi) is 2.94. The van der Waals surface area contributed by atoms with E-state index >= 15 is 0 Å². The minimum atomic E-state index is 0.00120. The van der Waals surface area contributed by atoms with Gasteiger partial charge in [0.1, 0.15) is 0 Å². The van der Waals surface area contributed by atoms with Crippen LogP contribution in [0.1, 0.15) is 5.56 Å². The third kappa shape index (κ3) is 1.70. The summed E-state index contributed by atoms with van der Waals surface area (Å²) in [4.78, 5) is 0. The zero-order chi connectivity index (χ0) is 9.14. The highest BCUT2D eigenvalue weighted by atomic mass is 79.9. The fraction of sp³-hybridized carbons (Fsp3) is 0. The molecule has 0 atom stereocenters. The molecule has 0 spiro atoms. The van der Waals surface area contributed by atoms with Crippen molar-refractivity contribution < 1.29 is 5.21 Å². The fourth-order valence-electron chi connectivity index (χ4n) is 0.755. The van der Waals surface area contributed by atoms with Crippen molar-refractivity contribution >= 4 is 33.4 Å². The number of amidine groups is 1. The number of nitrogens with two attached hydrogens (primary N) is 1. The molecule has 0 bridgehead atoms. The summed E-state index contributed by atoms with van der Waals surface area (Å²) >= 11 is 9.07. The van der Waals surface area contributed by atoms with Gasteiger partial charge in [-0.3, -0.25) is 0 Å². The molecule has 0 radical (unpaired) electrons. The Morgan fingerprint density at radius 3 is 2.83 bits per heavy atom. The number of benzene rings is 1. The molecule has 0 aliphatic heterocycles. The van der Waals surface area contributed by atoms with Gasteiger partial charge in [0, 0.05) is 10.0 Å². The molecule has 1 aromatic rings. The first kappa shape index (κ1) is 9.35. The van der Waals surface area contributed by atoms with Crippen molar-refractivity contribution in [3.05, 3.63) is 33.3 Å². The summed E-state index contributed by atoms with van der Waals surface area (Å²) in [5.74, 6) is 0.00120. The molecule has 1 aromatic carbocycles. The Morgan fingerprint density at radius 2 is 2.25 bits per heavy atom. The van der Waals surface area contributed by atoms with Crippen LogP contribution in [0.2, 0.25) is 5.02 Å². The number of hydrogen-bond acceptors (Lipinski definition) is 2. The van der Waals surface area contributed by atoms with Crippen molar-refractivity contribution in [1.29, 1.82) is 0 Å². The van der Waals surface area contributed by atoms with Crippen molar-refractivity contribution in [1.82, 2.24) is 0 Å². The standard InChI is InChI=1S/C7H6BrClN2O/c8-5-3-1-2-4(6(5)9)7(10)11-12/h1-3,12H,(H2,10,11). The first-order valence-corrected chi connectivity index (χ1v) is 4.26. The van der Waals surface area contributed by atoms with Crippen LogP contribution in [0, 0.1) is 0 Å². The number of nitrogens with zero attached hydrogens (tertiary/aromatic N) is 1. The number of oxime groups is 1. The van der Waals surface area contributed by atoms with Crippen molar-refractivity contribution in [3.8, 4) is 0 Å². The van der Waals surface area contributed by atoms with Crippen LogP contribution in [0.4, 0.5) is 0 Å². The monoisotopic (exact) mass is 248 g/mol. The van der Waals surface area contributed by atoms with Gasteiger partial charge in [0.05, 0.1) is 5.02 Å². The molecule has 3 N–H and O–H groups in total. The van der Waals surface area contributed by atoms with Crippen LogP contribution >= 0.6 is 27.5 Å². The smallest absolute Gasteiger partial charge is 0.171 e. The second kappa shape index (κ2) is 3.78. The average molecular weight is 249 g/mol. The van der Waals surface area contributed by atoms with Crippen molar-refractivity contribution in [2.45, 2.75) is 0 Å². The van der Waals surface area contributed by atoms with E-state index < -0.39 is 0 Å². The maximum atomic E-state index is 8.39. The molecule has 0 aliphatic carbocycles. The van der Waals surface area contributed by atoms with Gasteiger partial charge in [0.15, 0.2) is 5.84 Å². The van der Waals surface area contributed by atoms with Crippen molar-refractivity contribution in [2.75, 3.05) is 0 Å². The maximum absolute atomic E-state index is 8.39. The van der Waals surface area contributed by atoms with Gasteiger partial charge in [-0.1, -0.05) is 22.8 Å². The molecular weight excluding hydrogens is 243 g/mol. The number of rotatable bonds is 1. The zero-order valence-corrected chi connectivity index (χ0v) is 8.30. The van der Waals surface area contributed by atoms with Crippen molar-refractivity contribution in [3.63, 3.8) is 0 Å². The van der Waals surface area contributed by atoms with Gasteiger partial charge in [-0.25, -0.2) is 0 Å². The summed E-state index contributed by atoms with van der Waals surface area (Å²) in [6.45, 7) is 0. The second-order valence-corrected chi connectivity index (χ2v) is 3.32. The van der Waals surface area contributed by atoms with Crippen molar-refractivity contribution in [2.24, 2.45) is 10.9 Å². The van der Waals surface area contributed by atoms with Crippen LogP contribution in [0.15, 0.2) is 27.8 Å². The number of halogens is 2. The lowest BCUT2D eigenvalue weighted by Gasteiger charge is -2.02. The van der Waals surface area contributed by atoms with E-state index in [-0.39, 0.29) is 5.84 Å². The van der Waals surface area contributed by atoms with Gasteiger partial charge in [-0.15, -0.1) is 0 Å². The SMILES string of the molecule is N/C(=N/O)c1cccc(Br)c1Cl. The second-order valence-electron chi connectivity index (χ2n) is 2.09. The largest absolute Gasteiger partial charge is 0.409 e. The van der Waals surface area contributed by atoms with Gasteiger partial charge < -0.3 is 10.9 Å². The van der Waals surface area contributed by atoms with E-state index in [2.05, 4.69) is 21.1 Å². The van der Waals surface area contributed by atoms with Crippen LogP contribution in [0.25, 0.3) is 0 Å². The lowest BCUT2D eigenvalue weighted by molar-refractivity contribution is 0.318. The van der Waals surface area contributed by atoms with E-state index in [1.165, 1.54) is 0 Å². The van der Waals surface area contributed by atoms with Crippen LogP contribution in [-0.2, 0) is 0 Å². The van der Waals surface area contributed by atoms with Gasteiger partial charge >= 0.3 is 0 Å². The average Bonchev–Trinajstić information content (AvgIpc) is 2.08. The molecule has 0 saturated carbocycles. The Bertz CT molecular complexity index is 327. The third-order valence-electron chi connectivity index (χ3n) is 1.34. The van der Waals surface area contributed by atoms with Gasteiger partial charge in [-0.05, 0) is 28.1 Å². The highest BCUT2D eigenvalue weighted by Gasteiger charge is 2.06. The van der Waals surface area contributed by atoms with Crippen LogP contribution in [0.5, 0.6) is 0 Å². The van der Waals surface area contributed by atoms with E-state index in [0.717, 1.165) is 0 Å².